The number of hydrogen-bond acceptors (Lipinski definition) is 4. The van der Waals surface area contributed by atoms with Gasteiger partial charge < -0.3 is 10.6 Å². The molecule has 0 radical (unpaired) electrons. The van der Waals surface area contributed by atoms with Gasteiger partial charge in [-0.15, -0.1) is 0 Å². The Bertz CT molecular complexity index is 707. The minimum atomic E-state index is -0.296. The number of aryl methyl sites for hydroxylation is 1. The van der Waals surface area contributed by atoms with Gasteiger partial charge >= 0.3 is 0 Å². The average molecular weight is 306 g/mol. The average Bonchev–Trinajstić information content (AvgIpc) is 2.59. The molecule has 0 aliphatic heterocycles. The molecule has 0 saturated carbocycles. The topological polar surface area (TPSA) is 60.7 Å². The monoisotopic (exact) mass is 306 g/mol. The van der Waals surface area contributed by atoms with Crippen LogP contribution in [-0.2, 0) is 6.42 Å². The van der Waals surface area contributed by atoms with Crippen molar-refractivity contribution in [2.45, 2.75) is 38.6 Å². The van der Waals surface area contributed by atoms with Crippen molar-refractivity contribution < 1.29 is 0 Å². The van der Waals surface area contributed by atoms with Gasteiger partial charge in [0.2, 0.25) is 0 Å². The van der Waals surface area contributed by atoms with Gasteiger partial charge in [-0.05, 0) is 44.2 Å². The molecule has 23 heavy (non-hydrogen) atoms. The van der Waals surface area contributed by atoms with Gasteiger partial charge in [0.05, 0.1) is 18.0 Å². The van der Waals surface area contributed by atoms with E-state index in [-0.39, 0.29) is 6.04 Å². The summed E-state index contributed by atoms with van der Waals surface area (Å²) in [7, 11) is 0. The first-order chi connectivity index (χ1) is 11.3. The van der Waals surface area contributed by atoms with Crippen LogP contribution in [0.2, 0.25) is 0 Å². The maximum absolute atomic E-state index is 9.45. The van der Waals surface area contributed by atoms with E-state index >= 15 is 0 Å². The maximum atomic E-state index is 9.45. The van der Waals surface area contributed by atoms with Crippen molar-refractivity contribution in [1.82, 2.24) is 10.3 Å². The lowest BCUT2D eigenvalue weighted by molar-refractivity contribution is 0.748. The highest BCUT2D eigenvalue weighted by atomic mass is 15.0. The number of aromatic nitrogens is 1. The van der Waals surface area contributed by atoms with E-state index in [1.54, 1.807) is 0 Å². The number of hydrogen-bond donors (Lipinski definition) is 2. The lowest BCUT2D eigenvalue weighted by Crippen LogP contribution is -2.31. The van der Waals surface area contributed by atoms with Crippen molar-refractivity contribution in [3.05, 3.63) is 53.0 Å². The van der Waals surface area contributed by atoms with E-state index in [9.17, 15) is 5.26 Å². The number of pyridine rings is 1. The third-order valence-electron chi connectivity index (χ3n) is 4.24. The fourth-order valence-corrected chi connectivity index (χ4v) is 2.98. The number of nitriles is 1. The molecule has 0 fully saturated rings. The number of rotatable bonds is 5. The molecule has 0 amide bonds. The molecule has 1 atom stereocenters. The van der Waals surface area contributed by atoms with E-state index in [1.165, 1.54) is 16.7 Å². The maximum Gasteiger partial charge on any atom is 0.132 e. The summed E-state index contributed by atoms with van der Waals surface area (Å²) in [4.78, 5) is 4.30. The first kappa shape index (κ1) is 15.4. The summed E-state index contributed by atoms with van der Waals surface area (Å²) in [6.07, 6.45) is 16.6. The number of fused-ring (bicyclic) bond motifs is 1. The highest BCUT2D eigenvalue weighted by molar-refractivity contribution is 5.70. The van der Waals surface area contributed by atoms with E-state index in [0.717, 1.165) is 37.1 Å². The lowest BCUT2D eigenvalue weighted by Gasteiger charge is -2.20. The van der Waals surface area contributed by atoms with E-state index in [2.05, 4.69) is 52.9 Å². The molecule has 1 aromatic rings. The summed E-state index contributed by atoms with van der Waals surface area (Å²) < 4.78 is 0. The van der Waals surface area contributed by atoms with Crippen LogP contribution in [0.25, 0.3) is 6.08 Å². The second-order valence-corrected chi connectivity index (χ2v) is 6.10. The summed E-state index contributed by atoms with van der Waals surface area (Å²) >= 11 is 0. The van der Waals surface area contributed by atoms with Gasteiger partial charge in [0, 0.05) is 24.0 Å². The van der Waals surface area contributed by atoms with Gasteiger partial charge in [-0.2, -0.15) is 5.26 Å². The zero-order valence-corrected chi connectivity index (χ0v) is 13.5. The van der Waals surface area contributed by atoms with Crippen molar-refractivity contribution in [3.63, 3.8) is 0 Å². The molecule has 0 bridgehead atoms. The molecule has 4 nitrogen and oxygen atoms in total. The highest BCUT2D eigenvalue weighted by Gasteiger charge is 2.14. The standard InChI is InChI=1S/C19H22N4/c1-14-5-4-7-16(9-14)22-12-17(10-20)23-19-13-21-11-15-6-2-3-8-18(15)19/h3,7-9,11,13,17,22-23H,2,4-6,12H2,1H3. The number of nitrogens with one attached hydrogen (secondary N) is 2. The molecule has 0 aromatic carbocycles. The SMILES string of the molecule is CC1=CC(NCC(C#N)Nc2cncc3c2C=CCC3)=CCC1. The van der Waals surface area contributed by atoms with Gasteiger partial charge in [-0.3, -0.25) is 4.98 Å². The van der Waals surface area contributed by atoms with Crippen molar-refractivity contribution in [1.29, 1.82) is 5.26 Å². The van der Waals surface area contributed by atoms with Crippen LogP contribution in [0.5, 0.6) is 0 Å². The summed E-state index contributed by atoms with van der Waals surface area (Å²) in [6.45, 7) is 2.71. The third-order valence-corrected chi connectivity index (χ3v) is 4.24. The highest BCUT2D eigenvalue weighted by Crippen LogP contribution is 2.25. The normalized spacial score (nSPS) is 17.4. The molecule has 2 aliphatic rings. The van der Waals surface area contributed by atoms with Gasteiger partial charge in [0.25, 0.3) is 0 Å². The molecule has 0 saturated heterocycles. The molecule has 4 heteroatoms. The van der Waals surface area contributed by atoms with E-state index in [0.29, 0.717) is 6.54 Å². The second kappa shape index (κ2) is 7.15. The molecular weight excluding hydrogens is 284 g/mol. The molecule has 2 N–H and O–H groups in total. The van der Waals surface area contributed by atoms with Crippen LogP contribution < -0.4 is 10.6 Å². The zero-order valence-electron chi connectivity index (χ0n) is 13.5. The second-order valence-electron chi connectivity index (χ2n) is 6.10. The minimum Gasteiger partial charge on any atom is -0.382 e. The van der Waals surface area contributed by atoms with Crippen LogP contribution in [0.1, 0.15) is 37.3 Å². The first-order valence-electron chi connectivity index (χ1n) is 8.17. The van der Waals surface area contributed by atoms with Crippen LogP contribution >= 0.6 is 0 Å². The van der Waals surface area contributed by atoms with Crippen LogP contribution in [-0.4, -0.2) is 17.6 Å². The van der Waals surface area contributed by atoms with E-state index in [1.807, 2.05) is 12.4 Å². The van der Waals surface area contributed by atoms with Crippen LogP contribution in [0, 0.1) is 11.3 Å². The molecule has 1 aromatic heterocycles. The summed E-state index contributed by atoms with van der Waals surface area (Å²) in [5.41, 5.74) is 5.85. The Morgan fingerprint density at radius 1 is 1.30 bits per heavy atom. The molecular formula is C19H22N4. The zero-order chi connectivity index (χ0) is 16.1. The number of allylic oxidation sites excluding steroid dienone is 4. The summed E-state index contributed by atoms with van der Waals surface area (Å²) in [5, 5.41) is 16.1. The van der Waals surface area contributed by atoms with Crippen molar-refractivity contribution in [2.75, 3.05) is 11.9 Å². The third kappa shape index (κ3) is 3.81. The molecule has 1 heterocycles. The Morgan fingerprint density at radius 3 is 3.04 bits per heavy atom. The Labute approximate surface area is 137 Å². The Morgan fingerprint density at radius 2 is 2.22 bits per heavy atom. The Hall–Kier alpha value is -2.54. The minimum absolute atomic E-state index is 0.296. The van der Waals surface area contributed by atoms with E-state index in [4.69, 9.17) is 0 Å². The largest absolute Gasteiger partial charge is 0.382 e. The Balaban J connectivity index is 1.66. The van der Waals surface area contributed by atoms with Gasteiger partial charge in [-0.1, -0.05) is 23.8 Å². The molecule has 0 spiro atoms. The molecule has 1 unspecified atom stereocenters. The van der Waals surface area contributed by atoms with Crippen LogP contribution in [0.4, 0.5) is 5.69 Å². The van der Waals surface area contributed by atoms with Gasteiger partial charge in [0.1, 0.15) is 6.04 Å². The molecule has 118 valence electrons. The summed E-state index contributed by atoms with van der Waals surface area (Å²) in [5.74, 6) is 0. The van der Waals surface area contributed by atoms with Gasteiger partial charge in [0.15, 0.2) is 0 Å². The Kier molecular flexibility index (Phi) is 4.77. The van der Waals surface area contributed by atoms with Gasteiger partial charge in [-0.25, -0.2) is 0 Å². The van der Waals surface area contributed by atoms with Crippen LogP contribution in [0.15, 0.2) is 41.9 Å². The van der Waals surface area contributed by atoms with E-state index < -0.39 is 0 Å². The van der Waals surface area contributed by atoms with Crippen molar-refractivity contribution in [2.24, 2.45) is 0 Å². The summed E-state index contributed by atoms with van der Waals surface area (Å²) in [6, 6.07) is 2.04. The first-order valence-corrected chi connectivity index (χ1v) is 8.17. The number of anilines is 1. The predicted octanol–water partition coefficient (Wildman–Crippen LogP) is 3.56. The quantitative estimate of drug-likeness (QED) is 0.873. The van der Waals surface area contributed by atoms with Crippen LogP contribution in [0.3, 0.4) is 0 Å². The predicted molar refractivity (Wildman–Crippen MR) is 93.7 cm³/mol. The molecule has 3 rings (SSSR count). The molecule has 2 aliphatic carbocycles. The van der Waals surface area contributed by atoms with Crippen molar-refractivity contribution in [3.8, 4) is 6.07 Å². The van der Waals surface area contributed by atoms with Crippen molar-refractivity contribution >= 4 is 11.8 Å². The fraction of sp³-hybridized carbons (Fsp3) is 0.368. The number of nitrogens with zero attached hydrogens (tertiary/aromatic N) is 2. The lowest BCUT2D eigenvalue weighted by atomic mass is 9.98. The smallest absolute Gasteiger partial charge is 0.132 e. The fourth-order valence-electron chi connectivity index (χ4n) is 2.98.